The van der Waals surface area contributed by atoms with Crippen molar-refractivity contribution in [3.05, 3.63) is 59.3 Å². The molecular weight excluding hydrogens is 291 g/mol. The average molecular weight is 305 g/mol. The summed E-state index contributed by atoms with van der Waals surface area (Å²) in [5.74, 6) is 0. The summed E-state index contributed by atoms with van der Waals surface area (Å²) in [4.78, 5) is 0. The fraction of sp³-hybridized carbons (Fsp3) is 0.188. The summed E-state index contributed by atoms with van der Waals surface area (Å²) >= 11 is 0. The standard InChI is InChI=1S/C16H14F3N3/c1-10-2-7-15-13(8-10)14(9-20)21-22(15)12-5-3-11(4-6-12)16(17,18)19/h2-8H,9,20H2,1H3. The van der Waals surface area contributed by atoms with Crippen LogP contribution in [0.1, 0.15) is 16.8 Å². The number of nitrogens with zero attached hydrogens (tertiary/aromatic N) is 2. The van der Waals surface area contributed by atoms with Crippen molar-refractivity contribution in [2.24, 2.45) is 5.73 Å². The fourth-order valence-electron chi connectivity index (χ4n) is 2.43. The first kappa shape index (κ1) is 14.6. The van der Waals surface area contributed by atoms with Crippen LogP contribution in [0.3, 0.4) is 0 Å². The third-order valence-corrected chi connectivity index (χ3v) is 3.54. The molecule has 0 atom stereocenters. The molecule has 3 nitrogen and oxygen atoms in total. The largest absolute Gasteiger partial charge is 0.416 e. The summed E-state index contributed by atoms with van der Waals surface area (Å²) < 4.78 is 39.5. The van der Waals surface area contributed by atoms with Crippen LogP contribution >= 0.6 is 0 Å². The smallest absolute Gasteiger partial charge is 0.325 e. The van der Waals surface area contributed by atoms with E-state index in [2.05, 4.69) is 5.10 Å². The van der Waals surface area contributed by atoms with Crippen LogP contribution in [-0.4, -0.2) is 9.78 Å². The number of aromatic nitrogens is 2. The molecule has 0 radical (unpaired) electrons. The molecule has 0 aliphatic rings. The van der Waals surface area contributed by atoms with Gasteiger partial charge < -0.3 is 5.73 Å². The number of nitrogens with two attached hydrogens (primary N) is 1. The Morgan fingerprint density at radius 3 is 2.36 bits per heavy atom. The van der Waals surface area contributed by atoms with Gasteiger partial charge in [0.2, 0.25) is 0 Å². The Morgan fingerprint density at radius 1 is 1.09 bits per heavy atom. The molecule has 0 fully saturated rings. The van der Waals surface area contributed by atoms with E-state index in [1.807, 2.05) is 25.1 Å². The van der Waals surface area contributed by atoms with Gasteiger partial charge in [-0.15, -0.1) is 0 Å². The highest BCUT2D eigenvalue weighted by molar-refractivity contribution is 5.84. The Kier molecular flexibility index (Phi) is 3.41. The highest BCUT2D eigenvalue weighted by atomic mass is 19.4. The number of alkyl halides is 3. The Hall–Kier alpha value is -2.34. The maximum atomic E-state index is 12.6. The van der Waals surface area contributed by atoms with E-state index < -0.39 is 11.7 Å². The molecule has 114 valence electrons. The van der Waals surface area contributed by atoms with Crippen molar-refractivity contribution in [2.75, 3.05) is 0 Å². The first-order valence-corrected chi connectivity index (χ1v) is 6.76. The lowest BCUT2D eigenvalue weighted by molar-refractivity contribution is -0.137. The third kappa shape index (κ3) is 2.46. The molecule has 0 aliphatic heterocycles. The van der Waals surface area contributed by atoms with E-state index in [0.29, 0.717) is 5.69 Å². The zero-order valence-electron chi connectivity index (χ0n) is 11.9. The highest BCUT2D eigenvalue weighted by Crippen LogP contribution is 2.30. The van der Waals surface area contributed by atoms with Crippen LogP contribution in [0.25, 0.3) is 16.6 Å². The summed E-state index contributed by atoms with van der Waals surface area (Å²) in [5, 5.41) is 5.34. The Morgan fingerprint density at radius 2 is 1.77 bits per heavy atom. The lowest BCUT2D eigenvalue weighted by Crippen LogP contribution is -2.05. The molecule has 0 unspecified atom stereocenters. The predicted octanol–water partition coefficient (Wildman–Crippen LogP) is 3.81. The molecule has 0 saturated carbocycles. The van der Waals surface area contributed by atoms with Gasteiger partial charge in [-0.2, -0.15) is 18.3 Å². The number of halogens is 3. The van der Waals surface area contributed by atoms with E-state index in [1.54, 1.807) is 4.68 Å². The monoisotopic (exact) mass is 305 g/mol. The molecule has 1 aromatic heterocycles. The van der Waals surface area contributed by atoms with Crippen molar-refractivity contribution >= 4 is 10.9 Å². The first-order valence-electron chi connectivity index (χ1n) is 6.76. The summed E-state index contributed by atoms with van der Waals surface area (Å²) in [6, 6.07) is 10.7. The van der Waals surface area contributed by atoms with Crippen molar-refractivity contribution < 1.29 is 13.2 Å². The normalized spacial score (nSPS) is 12.0. The van der Waals surface area contributed by atoms with Crippen LogP contribution in [0.4, 0.5) is 13.2 Å². The minimum Gasteiger partial charge on any atom is -0.325 e. The predicted molar refractivity (Wildman–Crippen MR) is 78.7 cm³/mol. The van der Waals surface area contributed by atoms with Gasteiger partial charge in [0.25, 0.3) is 0 Å². The molecule has 3 rings (SSSR count). The van der Waals surface area contributed by atoms with Gasteiger partial charge in [-0.3, -0.25) is 0 Å². The second-order valence-electron chi connectivity index (χ2n) is 5.13. The van der Waals surface area contributed by atoms with E-state index in [-0.39, 0.29) is 6.54 Å². The van der Waals surface area contributed by atoms with Crippen LogP contribution in [0.2, 0.25) is 0 Å². The van der Waals surface area contributed by atoms with Crippen LogP contribution in [0, 0.1) is 6.92 Å². The molecule has 6 heteroatoms. The molecule has 0 aliphatic carbocycles. The molecule has 3 aromatic rings. The maximum absolute atomic E-state index is 12.6. The van der Waals surface area contributed by atoms with E-state index in [4.69, 9.17) is 5.73 Å². The Labute approximate surface area is 125 Å². The molecule has 1 heterocycles. The minimum atomic E-state index is -4.34. The van der Waals surface area contributed by atoms with Crippen LogP contribution < -0.4 is 5.73 Å². The molecular formula is C16H14F3N3. The second kappa shape index (κ2) is 5.14. The minimum absolute atomic E-state index is 0.271. The number of fused-ring (bicyclic) bond motifs is 1. The second-order valence-corrected chi connectivity index (χ2v) is 5.13. The number of hydrogen-bond acceptors (Lipinski definition) is 2. The number of rotatable bonds is 2. The topological polar surface area (TPSA) is 43.8 Å². The summed E-state index contributed by atoms with van der Waals surface area (Å²) in [5.41, 5.74) is 8.23. The van der Waals surface area contributed by atoms with Gasteiger partial charge in [-0.05, 0) is 43.3 Å². The summed E-state index contributed by atoms with van der Waals surface area (Å²) in [6.07, 6.45) is -4.34. The fourth-order valence-corrected chi connectivity index (χ4v) is 2.43. The summed E-state index contributed by atoms with van der Waals surface area (Å²) in [6.45, 7) is 2.24. The number of hydrogen-bond donors (Lipinski definition) is 1. The van der Waals surface area contributed by atoms with E-state index in [1.165, 1.54) is 12.1 Å². The van der Waals surface area contributed by atoms with E-state index >= 15 is 0 Å². The van der Waals surface area contributed by atoms with Gasteiger partial charge in [0.15, 0.2) is 0 Å². The Bertz CT molecular complexity index is 817. The first-order chi connectivity index (χ1) is 10.4. The van der Waals surface area contributed by atoms with Crippen molar-refractivity contribution in [2.45, 2.75) is 19.6 Å². The quantitative estimate of drug-likeness (QED) is 0.782. The van der Waals surface area contributed by atoms with Crippen LogP contribution in [-0.2, 0) is 12.7 Å². The van der Waals surface area contributed by atoms with Gasteiger partial charge in [0.05, 0.1) is 22.5 Å². The lowest BCUT2D eigenvalue weighted by atomic mass is 10.1. The van der Waals surface area contributed by atoms with E-state index in [9.17, 15) is 13.2 Å². The van der Waals surface area contributed by atoms with Crippen molar-refractivity contribution in [1.29, 1.82) is 0 Å². The van der Waals surface area contributed by atoms with Gasteiger partial charge >= 0.3 is 6.18 Å². The molecule has 2 N–H and O–H groups in total. The number of aryl methyl sites for hydroxylation is 1. The van der Waals surface area contributed by atoms with Crippen molar-refractivity contribution in [1.82, 2.24) is 9.78 Å². The molecule has 22 heavy (non-hydrogen) atoms. The van der Waals surface area contributed by atoms with Gasteiger partial charge in [-0.1, -0.05) is 11.6 Å². The van der Waals surface area contributed by atoms with Crippen LogP contribution in [0.5, 0.6) is 0 Å². The van der Waals surface area contributed by atoms with Gasteiger partial charge in [0, 0.05) is 11.9 Å². The highest BCUT2D eigenvalue weighted by Gasteiger charge is 2.30. The zero-order chi connectivity index (χ0) is 15.9. The molecule has 0 bridgehead atoms. The average Bonchev–Trinajstić information content (AvgIpc) is 2.84. The Balaban J connectivity index is 2.14. The van der Waals surface area contributed by atoms with Crippen LogP contribution in [0.15, 0.2) is 42.5 Å². The SMILES string of the molecule is Cc1ccc2c(c1)c(CN)nn2-c1ccc(C(F)(F)F)cc1. The van der Waals surface area contributed by atoms with Crippen molar-refractivity contribution in [3.63, 3.8) is 0 Å². The van der Waals surface area contributed by atoms with E-state index in [0.717, 1.165) is 34.3 Å². The maximum Gasteiger partial charge on any atom is 0.416 e. The molecule has 2 aromatic carbocycles. The summed E-state index contributed by atoms with van der Waals surface area (Å²) in [7, 11) is 0. The number of benzene rings is 2. The molecule has 0 saturated heterocycles. The van der Waals surface area contributed by atoms with Crippen molar-refractivity contribution in [3.8, 4) is 5.69 Å². The molecule has 0 spiro atoms. The lowest BCUT2D eigenvalue weighted by Gasteiger charge is -2.08. The van der Waals surface area contributed by atoms with Gasteiger partial charge in [-0.25, -0.2) is 4.68 Å². The third-order valence-electron chi connectivity index (χ3n) is 3.54. The molecule has 0 amide bonds. The van der Waals surface area contributed by atoms with Gasteiger partial charge in [0.1, 0.15) is 0 Å². The zero-order valence-corrected chi connectivity index (χ0v) is 11.9.